The quantitative estimate of drug-likeness (QED) is 0.839. The smallest absolute Gasteiger partial charge is 0.333 e. The molecule has 0 fully saturated rings. The normalized spacial score (nSPS) is 19.7. The molecule has 0 aliphatic carbocycles. The van der Waals surface area contributed by atoms with Crippen molar-refractivity contribution in [1.82, 2.24) is 5.32 Å². The van der Waals surface area contributed by atoms with Crippen molar-refractivity contribution in [3.8, 4) is 0 Å². The number of rotatable bonds is 2. The standard InChI is InChI=1S/C13H12FNO3/c1-7-12(13(17)18)10(6-11(16)15-7)8-2-4-9(14)5-3-8/h2-5,10H,6H2,1H3,(H,15,16)(H,17,18)/t10-/m1/s1. The third-order valence-corrected chi connectivity index (χ3v) is 2.97. The summed E-state index contributed by atoms with van der Waals surface area (Å²) in [5, 5.41) is 11.7. The first-order valence-corrected chi connectivity index (χ1v) is 5.48. The number of hydrogen-bond acceptors (Lipinski definition) is 2. The third kappa shape index (κ3) is 2.25. The minimum absolute atomic E-state index is 0.0601. The molecule has 1 aromatic rings. The Morgan fingerprint density at radius 3 is 2.56 bits per heavy atom. The molecule has 0 unspecified atom stereocenters. The maximum absolute atomic E-state index is 12.9. The Kier molecular flexibility index (Phi) is 3.14. The van der Waals surface area contributed by atoms with E-state index in [0.717, 1.165) is 0 Å². The summed E-state index contributed by atoms with van der Waals surface area (Å²) in [6.45, 7) is 1.55. The Labute approximate surface area is 103 Å². The second-order valence-corrected chi connectivity index (χ2v) is 4.20. The van der Waals surface area contributed by atoms with Crippen LogP contribution in [0.15, 0.2) is 35.5 Å². The molecule has 18 heavy (non-hydrogen) atoms. The van der Waals surface area contributed by atoms with Gasteiger partial charge < -0.3 is 10.4 Å². The van der Waals surface area contributed by atoms with Gasteiger partial charge in [0.15, 0.2) is 0 Å². The van der Waals surface area contributed by atoms with E-state index in [2.05, 4.69) is 5.32 Å². The van der Waals surface area contributed by atoms with Crippen LogP contribution >= 0.6 is 0 Å². The van der Waals surface area contributed by atoms with E-state index in [0.29, 0.717) is 11.3 Å². The van der Waals surface area contributed by atoms with Gasteiger partial charge in [0, 0.05) is 18.0 Å². The fourth-order valence-electron chi connectivity index (χ4n) is 2.17. The zero-order valence-electron chi connectivity index (χ0n) is 9.74. The summed E-state index contributed by atoms with van der Waals surface area (Å²) in [5.41, 5.74) is 1.12. The van der Waals surface area contributed by atoms with Crippen molar-refractivity contribution in [2.45, 2.75) is 19.3 Å². The number of carboxylic acids is 1. The van der Waals surface area contributed by atoms with Crippen molar-refractivity contribution in [1.29, 1.82) is 0 Å². The van der Waals surface area contributed by atoms with Gasteiger partial charge in [-0.25, -0.2) is 9.18 Å². The molecule has 5 heteroatoms. The first-order chi connectivity index (χ1) is 8.49. The molecule has 0 radical (unpaired) electrons. The number of nitrogens with one attached hydrogen (secondary N) is 1. The predicted molar refractivity (Wildman–Crippen MR) is 62.2 cm³/mol. The molecule has 2 rings (SSSR count). The zero-order chi connectivity index (χ0) is 13.3. The topological polar surface area (TPSA) is 66.4 Å². The van der Waals surface area contributed by atoms with E-state index in [1.54, 1.807) is 6.92 Å². The molecule has 2 N–H and O–H groups in total. The molecule has 1 aromatic carbocycles. The number of carboxylic acid groups (broad SMARTS) is 1. The van der Waals surface area contributed by atoms with E-state index in [9.17, 15) is 19.1 Å². The lowest BCUT2D eigenvalue weighted by Gasteiger charge is -2.25. The second-order valence-electron chi connectivity index (χ2n) is 4.20. The minimum atomic E-state index is -1.07. The molecule has 1 heterocycles. The largest absolute Gasteiger partial charge is 0.478 e. The summed E-state index contributed by atoms with van der Waals surface area (Å²) >= 11 is 0. The van der Waals surface area contributed by atoms with Crippen LogP contribution in [0.3, 0.4) is 0 Å². The summed E-state index contributed by atoms with van der Waals surface area (Å²) in [6.07, 6.45) is 0.0601. The van der Waals surface area contributed by atoms with Gasteiger partial charge in [0.25, 0.3) is 0 Å². The third-order valence-electron chi connectivity index (χ3n) is 2.97. The van der Waals surface area contributed by atoms with Crippen molar-refractivity contribution in [3.63, 3.8) is 0 Å². The molecule has 4 nitrogen and oxygen atoms in total. The predicted octanol–water partition coefficient (Wildman–Crippen LogP) is 1.79. The van der Waals surface area contributed by atoms with Crippen molar-refractivity contribution < 1.29 is 19.1 Å². The van der Waals surface area contributed by atoms with Gasteiger partial charge in [-0.05, 0) is 24.6 Å². The van der Waals surface area contributed by atoms with Gasteiger partial charge in [-0.15, -0.1) is 0 Å². The fraction of sp³-hybridized carbons (Fsp3) is 0.231. The molecule has 0 saturated heterocycles. The van der Waals surface area contributed by atoms with Crippen LogP contribution in [-0.2, 0) is 9.59 Å². The molecule has 94 valence electrons. The number of amides is 1. The Morgan fingerprint density at radius 2 is 2.00 bits per heavy atom. The van der Waals surface area contributed by atoms with Crippen LogP contribution in [-0.4, -0.2) is 17.0 Å². The van der Waals surface area contributed by atoms with Crippen LogP contribution in [0.5, 0.6) is 0 Å². The molecule has 1 aliphatic heterocycles. The fourth-order valence-corrected chi connectivity index (χ4v) is 2.17. The van der Waals surface area contributed by atoms with Gasteiger partial charge in [-0.3, -0.25) is 4.79 Å². The molecule has 0 spiro atoms. The Balaban J connectivity index is 2.46. The summed E-state index contributed by atoms with van der Waals surface area (Å²) in [7, 11) is 0. The maximum atomic E-state index is 12.9. The van der Waals surface area contributed by atoms with Crippen LogP contribution in [0.1, 0.15) is 24.8 Å². The SMILES string of the molecule is CC1=C(C(=O)O)[C@@H](c2ccc(F)cc2)CC(=O)N1. The molecular weight excluding hydrogens is 237 g/mol. The monoisotopic (exact) mass is 249 g/mol. The number of hydrogen-bond donors (Lipinski definition) is 2. The molecule has 0 bridgehead atoms. The van der Waals surface area contributed by atoms with E-state index in [1.807, 2.05) is 0 Å². The summed E-state index contributed by atoms with van der Waals surface area (Å²) in [5.74, 6) is -2.22. The molecule has 0 aromatic heterocycles. The van der Waals surface area contributed by atoms with Crippen molar-refractivity contribution >= 4 is 11.9 Å². The number of carbonyl (C=O) groups is 2. The van der Waals surface area contributed by atoms with Crippen LogP contribution < -0.4 is 5.32 Å². The number of halogens is 1. The van der Waals surface area contributed by atoms with Crippen molar-refractivity contribution in [3.05, 3.63) is 46.9 Å². The molecule has 1 aliphatic rings. The van der Waals surface area contributed by atoms with Crippen LogP contribution in [0.25, 0.3) is 0 Å². The molecule has 1 atom stereocenters. The van der Waals surface area contributed by atoms with Crippen molar-refractivity contribution in [2.24, 2.45) is 0 Å². The second kappa shape index (κ2) is 4.60. The van der Waals surface area contributed by atoms with Gasteiger partial charge in [0.1, 0.15) is 5.82 Å². The van der Waals surface area contributed by atoms with Gasteiger partial charge in [0.2, 0.25) is 5.91 Å². The Bertz CT molecular complexity index is 534. The molecular formula is C13H12FNO3. The zero-order valence-corrected chi connectivity index (χ0v) is 9.74. The van der Waals surface area contributed by atoms with E-state index in [1.165, 1.54) is 24.3 Å². The highest BCUT2D eigenvalue weighted by Crippen LogP contribution is 2.32. The van der Waals surface area contributed by atoms with E-state index in [-0.39, 0.29) is 17.9 Å². The lowest BCUT2D eigenvalue weighted by molar-refractivity contribution is -0.133. The first-order valence-electron chi connectivity index (χ1n) is 5.48. The van der Waals surface area contributed by atoms with E-state index >= 15 is 0 Å². The van der Waals surface area contributed by atoms with Crippen molar-refractivity contribution in [2.75, 3.05) is 0 Å². The summed E-state index contributed by atoms with van der Waals surface area (Å²) < 4.78 is 12.9. The highest BCUT2D eigenvalue weighted by Gasteiger charge is 2.31. The number of allylic oxidation sites excluding steroid dienone is 1. The lowest BCUT2D eigenvalue weighted by Crippen LogP contribution is -2.33. The van der Waals surface area contributed by atoms with Gasteiger partial charge in [-0.1, -0.05) is 12.1 Å². The number of carbonyl (C=O) groups excluding carboxylic acids is 1. The van der Waals surface area contributed by atoms with Gasteiger partial charge in [-0.2, -0.15) is 0 Å². The molecule has 1 amide bonds. The Hall–Kier alpha value is -2.17. The first kappa shape index (κ1) is 12.3. The average Bonchev–Trinajstić information content (AvgIpc) is 2.28. The molecule has 0 saturated carbocycles. The highest BCUT2D eigenvalue weighted by molar-refractivity contribution is 5.94. The minimum Gasteiger partial charge on any atom is -0.478 e. The number of aliphatic carboxylic acids is 1. The lowest BCUT2D eigenvalue weighted by atomic mass is 9.84. The van der Waals surface area contributed by atoms with Gasteiger partial charge >= 0.3 is 5.97 Å². The van der Waals surface area contributed by atoms with Crippen LogP contribution in [0.4, 0.5) is 4.39 Å². The Morgan fingerprint density at radius 1 is 1.39 bits per heavy atom. The van der Waals surface area contributed by atoms with Crippen LogP contribution in [0.2, 0.25) is 0 Å². The average molecular weight is 249 g/mol. The summed E-state index contributed by atoms with van der Waals surface area (Å²) in [4.78, 5) is 22.7. The van der Waals surface area contributed by atoms with E-state index < -0.39 is 17.7 Å². The maximum Gasteiger partial charge on any atom is 0.333 e. The van der Waals surface area contributed by atoms with Gasteiger partial charge in [0.05, 0.1) is 5.57 Å². The highest BCUT2D eigenvalue weighted by atomic mass is 19.1. The van der Waals surface area contributed by atoms with E-state index in [4.69, 9.17) is 0 Å². The number of benzene rings is 1. The van der Waals surface area contributed by atoms with Crippen LogP contribution in [0, 0.1) is 5.82 Å². The summed E-state index contributed by atoms with van der Waals surface area (Å²) in [6, 6.07) is 5.54.